The first-order chi connectivity index (χ1) is 12.2. The van der Waals surface area contributed by atoms with E-state index in [2.05, 4.69) is 10.6 Å². The van der Waals surface area contributed by atoms with Crippen molar-refractivity contribution in [3.63, 3.8) is 0 Å². The number of nitrogens with zero attached hydrogens (tertiary/aromatic N) is 1. The Balaban J connectivity index is 2.08. The third-order valence-corrected chi connectivity index (χ3v) is 4.17. The van der Waals surface area contributed by atoms with Crippen LogP contribution in [-0.4, -0.2) is 42.4 Å². The third-order valence-electron chi connectivity index (χ3n) is 4.17. The summed E-state index contributed by atoms with van der Waals surface area (Å²) in [6.07, 6.45) is -4.43. The summed E-state index contributed by atoms with van der Waals surface area (Å²) in [5.74, 6) is -0.224. The monoisotopic (exact) mass is 371 g/mol. The Morgan fingerprint density at radius 3 is 2.77 bits per heavy atom. The normalized spacial score (nSPS) is 18.7. The topological polar surface area (TPSA) is 61.4 Å². The van der Waals surface area contributed by atoms with Crippen molar-refractivity contribution in [2.45, 2.75) is 39.0 Å². The van der Waals surface area contributed by atoms with Gasteiger partial charge in [0.25, 0.3) is 0 Å². The largest absolute Gasteiger partial charge is 0.416 e. The summed E-state index contributed by atoms with van der Waals surface area (Å²) in [6, 6.07) is 4.36. The summed E-state index contributed by atoms with van der Waals surface area (Å²) < 4.78 is 38.6. The van der Waals surface area contributed by atoms with Crippen LogP contribution in [0.15, 0.2) is 24.3 Å². The molecule has 5 nitrogen and oxygen atoms in total. The molecule has 144 valence electrons. The number of carbonyl (C=O) groups excluding carboxylic acids is 2. The Labute approximate surface area is 150 Å². The number of rotatable bonds is 6. The van der Waals surface area contributed by atoms with Gasteiger partial charge in [-0.3, -0.25) is 14.5 Å². The first-order valence-corrected chi connectivity index (χ1v) is 8.61. The van der Waals surface area contributed by atoms with E-state index in [0.29, 0.717) is 31.1 Å². The molecule has 0 radical (unpaired) electrons. The molecule has 1 aliphatic rings. The van der Waals surface area contributed by atoms with Gasteiger partial charge in [-0.05, 0) is 17.5 Å². The molecule has 0 unspecified atom stereocenters. The molecule has 1 aromatic rings. The molecule has 2 amide bonds. The van der Waals surface area contributed by atoms with Gasteiger partial charge in [-0.15, -0.1) is 0 Å². The molecule has 2 rings (SSSR count). The van der Waals surface area contributed by atoms with Gasteiger partial charge in [0.2, 0.25) is 11.8 Å². The van der Waals surface area contributed by atoms with Crippen LogP contribution >= 0.6 is 0 Å². The smallest absolute Gasteiger partial charge is 0.356 e. The van der Waals surface area contributed by atoms with Gasteiger partial charge in [0.1, 0.15) is 0 Å². The maximum absolute atomic E-state index is 12.9. The van der Waals surface area contributed by atoms with Crippen LogP contribution in [0, 0.1) is 5.92 Å². The van der Waals surface area contributed by atoms with Crippen LogP contribution in [0.25, 0.3) is 0 Å². The van der Waals surface area contributed by atoms with Crippen molar-refractivity contribution in [2.75, 3.05) is 19.6 Å². The van der Waals surface area contributed by atoms with Gasteiger partial charge >= 0.3 is 6.18 Å². The molecule has 1 heterocycles. The summed E-state index contributed by atoms with van der Waals surface area (Å²) >= 11 is 0. The molecule has 1 saturated heterocycles. The standard InChI is InChI=1S/C18H24F3N3O2/c1-12(2)10-23-16(25)9-15-17(26)22-6-7-24(15)11-13-4-3-5-14(8-13)18(19,20)21/h3-5,8,12,15H,6-7,9-11H2,1-2H3,(H,22,26)(H,23,25)/t15-/m0/s1. The van der Waals surface area contributed by atoms with Crippen molar-refractivity contribution in [1.82, 2.24) is 15.5 Å². The van der Waals surface area contributed by atoms with Crippen LogP contribution in [0.2, 0.25) is 0 Å². The van der Waals surface area contributed by atoms with Crippen LogP contribution in [0.5, 0.6) is 0 Å². The van der Waals surface area contributed by atoms with E-state index in [1.165, 1.54) is 6.07 Å². The van der Waals surface area contributed by atoms with E-state index < -0.39 is 17.8 Å². The zero-order chi connectivity index (χ0) is 19.3. The predicted octanol–water partition coefficient (Wildman–Crippen LogP) is 2.17. The third kappa shape index (κ3) is 5.72. The van der Waals surface area contributed by atoms with Gasteiger partial charge in [0, 0.05) is 26.2 Å². The van der Waals surface area contributed by atoms with E-state index in [-0.39, 0.29) is 24.8 Å². The minimum absolute atomic E-state index is 0.0164. The molecule has 0 aliphatic carbocycles. The Bertz CT molecular complexity index is 647. The Kier molecular flexibility index (Phi) is 6.63. The van der Waals surface area contributed by atoms with Crippen molar-refractivity contribution in [2.24, 2.45) is 5.92 Å². The average molecular weight is 371 g/mol. The van der Waals surface area contributed by atoms with Gasteiger partial charge in [-0.25, -0.2) is 0 Å². The molecule has 26 heavy (non-hydrogen) atoms. The lowest BCUT2D eigenvalue weighted by Crippen LogP contribution is -2.56. The fourth-order valence-electron chi connectivity index (χ4n) is 2.82. The Hall–Kier alpha value is -2.09. The first kappa shape index (κ1) is 20.2. The molecule has 0 bridgehead atoms. The Morgan fingerprint density at radius 2 is 2.12 bits per heavy atom. The van der Waals surface area contributed by atoms with Gasteiger partial charge in [-0.1, -0.05) is 32.0 Å². The molecule has 8 heteroatoms. The molecule has 0 saturated carbocycles. The maximum atomic E-state index is 12.9. The highest BCUT2D eigenvalue weighted by Crippen LogP contribution is 2.30. The first-order valence-electron chi connectivity index (χ1n) is 8.61. The zero-order valence-electron chi connectivity index (χ0n) is 14.9. The van der Waals surface area contributed by atoms with Crippen molar-refractivity contribution < 1.29 is 22.8 Å². The lowest BCUT2D eigenvalue weighted by molar-refractivity contribution is -0.137. The highest BCUT2D eigenvalue weighted by molar-refractivity contribution is 5.88. The summed E-state index contributed by atoms with van der Waals surface area (Å²) in [4.78, 5) is 26.0. The highest BCUT2D eigenvalue weighted by Gasteiger charge is 2.33. The van der Waals surface area contributed by atoms with E-state index >= 15 is 0 Å². The number of hydrogen-bond donors (Lipinski definition) is 2. The minimum Gasteiger partial charge on any atom is -0.356 e. The fraction of sp³-hybridized carbons (Fsp3) is 0.556. The van der Waals surface area contributed by atoms with E-state index in [1.54, 1.807) is 11.0 Å². The summed E-state index contributed by atoms with van der Waals surface area (Å²) in [6.45, 7) is 5.51. The number of hydrogen-bond acceptors (Lipinski definition) is 3. The summed E-state index contributed by atoms with van der Waals surface area (Å²) in [7, 11) is 0. The molecular formula is C18H24F3N3O2. The van der Waals surface area contributed by atoms with Crippen LogP contribution < -0.4 is 10.6 Å². The second-order valence-electron chi connectivity index (χ2n) is 6.88. The van der Waals surface area contributed by atoms with Gasteiger partial charge in [0.15, 0.2) is 0 Å². The average Bonchev–Trinajstić information content (AvgIpc) is 2.55. The van der Waals surface area contributed by atoms with E-state index in [0.717, 1.165) is 12.1 Å². The van der Waals surface area contributed by atoms with E-state index in [4.69, 9.17) is 0 Å². The summed E-state index contributed by atoms with van der Waals surface area (Å²) in [5.41, 5.74) is -0.259. The second kappa shape index (κ2) is 8.53. The molecule has 1 fully saturated rings. The van der Waals surface area contributed by atoms with Crippen LogP contribution in [0.4, 0.5) is 13.2 Å². The van der Waals surface area contributed by atoms with Gasteiger partial charge in [0.05, 0.1) is 18.0 Å². The van der Waals surface area contributed by atoms with Gasteiger partial charge in [-0.2, -0.15) is 13.2 Å². The number of benzene rings is 1. The van der Waals surface area contributed by atoms with Crippen molar-refractivity contribution in [3.8, 4) is 0 Å². The number of alkyl halides is 3. The van der Waals surface area contributed by atoms with Crippen molar-refractivity contribution >= 4 is 11.8 Å². The van der Waals surface area contributed by atoms with Crippen LogP contribution in [-0.2, 0) is 22.3 Å². The Morgan fingerprint density at radius 1 is 1.38 bits per heavy atom. The van der Waals surface area contributed by atoms with Crippen molar-refractivity contribution in [1.29, 1.82) is 0 Å². The molecule has 2 N–H and O–H groups in total. The zero-order valence-corrected chi connectivity index (χ0v) is 14.9. The predicted molar refractivity (Wildman–Crippen MR) is 91.1 cm³/mol. The fourth-order valence-corrected chi connectivity index (χ4v) is 2.82. The number of carbonyl (C=O) groups is 2. The second-order valence-corrected chi connectivity index (χ2v) is 6.88. The lowest BCUT2D eigenvalue weighted by atomic mass is 10.0. The van der Waals surface area contributed by atoms with Crippen molar-refractivity contribution in [3.05, 3.63) is 35.4 Å². The molecule has 1 aromatic carbocycles. The minimum atomic E-state index is -4.41. The number of amides is 2. The van der Waals surface area contributed by atoms with Gasteiger partial charge < -0.3 is 10.6 Å². The number of nitrogens with one attached hydrogen (secondary N) is 2. The molecular weight excluding hydrogens is 347 g/mol. The molecule has 1 atom stereocenters. The number of halogens is 3. The van der Waals surface area contributed by atoms with Crippen LogP contribution in [0.3, 0.4) is 0 Å². The van der Waals surface area contributed by atoms with E-state index in [1.807, 2.05) is 13.8 Å². The molecule has 0 aromatic heterocycles. The summed E-state index contributed by atoms with van der Waals surface area (Å²) in [5, 5.41) is 5.48. The highest BCUT2D eigenvalue weighted by atomic mass is 19.4. The number of piperazine rings is 1. The quantitative estimate of drug-likeness (QED) is 0.806. The molecule has 1 aliphatic heterocycles. The molecule has 0 spiro atoms. The maximum Gasteiger partial charge on any atom is 0.416 e. The van der Waals surface area contributed by atoms with E-state index in [9.17, 15) is 22.8 Å². The van der Waals surface area contributed by atoms with Crippen LogP contribution in [0.1, 0.15) is 31.4 Å². The SMILES string of the molecule is CC(C)CNC(=O)C[C@H]1C(=O)NCCN1Cc1cccc(C(F)(F)F)c1. The lowest BCUT2D eigenvalue weighted by Gasteiger charge is -2.34.